The highest BCUT2D eigenvalue weighted by Crippen LogP contribution is 2.17. The van der Waals surface area contributed by atoms with Crippen LogP contribution >= 0.6 is 24.8 Å². The maximum absolute atomic E-state index is 11.9. The Balaban J connectivity index is 0.00000180. The van der Waals surface area contributed by atoms with Gasteiger partial charge in [0, 0.05) is 23.3 Å². The van der Waals surface area contributed by atoms with Crippen LogP contribution in [-0.2, 0) is 4.79 Å². The van der Waals surface area contributed by atoms with Gasteiger partial charge in [0.05, 0.1) is 11.4 Å². The molecule has 6 heteroatoms. The molecule has 0 saturated heterocycles. The topological polar surface area (TPSA) is 68.0 Å². The Labute approximate surface area is 131 Å². The Morgan fingerprint density at radius 1 is 1.25 bits per heavy atom. The third kappa shape index (κ3) is 4.34. The van der Waals surface area contributed by atoms with E-state index in [9.17, 15) is 4.79 Å². The Hall–Kier alpha value is -1.36. The van der Waals surface area contributed by atoms with E-state index in [1.165, 1.54) is 0 Å². The molecule has 110 valence electrons. The zero-order valence-electron chi connectivity index (χ0n) is 11.4. The first-order valence-electron chi connectivity index (χ1n) is 5.99. The minimum atomic E-state index is -0.213. The van der Waals surface area contributed by atoms with Crippen LogP contribution in [0.4, 0.5) is 5.69 Å². The van der Waals surface area contributed by atoms with Gasteiger partial charge in [-0.25, -0.2) is 0 Å². The molecule has 1 amide bonds. The second-order valence-corrected chi connectivity index (χ2v) is 4.55. The number of benzene rings is 1. The van der Waals surface area contributed by atoms with Crippen LogP contribution in [0.15, 0.2) is 36.5 Å². The third-order valence-electron chi connectivity index (χ3n) is 3.07. The molecule has 0 aliphatic heterocycles. The van der Waals surface area contributed by atoms with E-state index in [1.54, 1.807) is 6.20 Å². The van der Waals surface area contributed by atoms with Crippen molar-refractivity contribution in [3.63, 3.8) is 0 Å². The molecule has 1 aromatic carbocycles. The summed E-state index contributed by atoms with van der Waals surface area (Å²) in [6.45, 7) is 3.65. The van der Waals surface area contributed by atoms with Gasteiger partial charge in [0.25, 0.3) is 0 Å². The molecular weight excluding hydrogens is 297 g/mol. The molecule has 2 unspecified atom stereocenters. The van der Waals surface area contributed by atoms with E-state index in [1.807, 2.05) is 44.2 Å². The highest BCUT2D eigenvalue weighted by atomic mass is 35.5. The number of nitrogens with two attached hydrogens (primary N) is 1. The van der Waals surface area contributed by atoms with E-state index in [-0.39, 0.29) is 42.7 Å². The van der Waals surface area contributed by atoms with E-state index < -0.39 is 0 Å². The smallest absolute Gasteiger partial charge is 0.228 e. The highest BCUT2D eigenvalue weighted by molar-refractivity contribution is 5.95. The summed E-state index contributed by atoms with van der Waals surface area (Å²) in [5.41, 5.74) is 7.39. The molecule has 3 N–H and O–H groups in total. The number of amides is 1. The van der Waals surface area contributed by atoms with Crippen molar-refractivity contribution in [3.05, 3.63) is 36.5 Å². The van der Waals surface area contributed by atoms with Crippen LogP contribution in [-0.4, -0.2) is 16.9 Å². The van der Waals surface area contributed by atoms with Gasteiger partial charge in [-0.2, -0.15) is 0 Å². The molecule has 20 heavy (non-hydrogen) atoms. The van der Waals surface area contributed by atoms with Gasteiger partial charge < -0.3 is 11.1 Å². The van der Waals surface area contributed by atoms with Crippen molar-refractivity contribution < 1.29 is 4.79 Å². The predicted molar refractivity (Wildman–Crippen MR) is 87.7 cm³/mol. The summed E-state index contributed by atoms with van der Waals surface area (Å²) in [7, 11) is 0. The number of rotatable bonds is 3. The lowest BCUT2D eigenvalue weighted by atomic mass is 10.0. The summed E-state index contributed by atoms with van der Waals surface area (Å²) in [4.78, 5) is 16.1. The Morgan fingerprint density at radius 3 is 2.60 bits per heavy atom. The van der Waals surface area contributed by atoms with Crippen molar-refractivity contribution in [2.45, 2.75) is 19.9 Å². The van der Waals surface area contributed by atoms with Crippen LogP contribution in [0.1, 0.15) is 13.8 Å². The van der Waals surface area contributed by atoms with E-state index >= 15 is 0 Å². The number of carbonyl (C=O) groups is 1. The number of fused-ring (bicyclic) bond motifs is 1. The van der Waals surface area contributed by atoms with Crippen LogP contribution in [0.25, 0.3) is 10.9 Å². The molecule has 0 fully saturated rings. The standard InChI is InChI=1S/C14H17N3O.2ClH/c1-9(10(2)15)14(18)17-12-5-6-13-11(8-12)4-3-7-16-13;;/h3-10H,15H2,1-2H3,(H,17,18);2*1H. The first-order valence-corrected chi connectivity index (χ1v) is 5.99. The molecule has 4 nitrogen and oxygen atoms in total. The highest BCUT2D eigenvalue weighted by Gasteiger charge is 2.16. The number of pyridine rings is 1. The van der Waals surface area contributed by atoms with Crippen molar-refractivity contribution in [2.24, 2.45) is 11.7 Å². The van der Waals surface area contributed by atoms with Crippen molar-refractivity contribution >= 4 is 47.3 Å². The number of nitrogens with zero attached hydrogens (tertiary/aromatic N) is 1. The molecule has 0 spiro atoms. The Morgan fingerprint density at radius 2 is 1.95 bits per heavy atom. The minimum absolute atomic E-state index is 0. The summed E-state index contributed by atoms with van der Waals surface area (Å²) < 4.78 is 0. The second-order valence-electron chi connectivity index (χ2n) is 4.55. The molecule has 1 heterocycles. The van der Waals surface area contributed by atoms with E-state index in [0.717, 1.165) is 16.6 Å². The summed E-state index contributed by atoms with van der Waals surface area (Å²) in [5, 5.41) is 3.87. The number of halogens is 2. The summed E-state index contributed by atoms with van der Waals surface area (Å²) in [6, 6.07) is 9.33. The lowest BCUT2D eigenvalue weighted by Crippen LogP contribution is -2.34. The van der Waals surface area contributed by atoms with Gasteiger partial charge in [-0.15, -0.1) is 24.8 Å². The fraction of sp³-hybridized carbons (Fsp3) is 0.286. The van der Waals surface area contributed by atoms with E-state index in [4.69, 9.17) is 5.73 Å². The van der Waals surface area contributed by atoms with Crippen molar-refractivity contribution in [3.8, 4) is 0 Å². The van der Waals surface area contributed by atoms with Gasteiger partial charge >= 0.3 is 0 Å². The Kier molecular flexibility index (Phi) is 7.50. The number of aromatic nitrogens is 1. The quantitative estimate of drug-likeness (QED) is 0.914. The normalized spacial score (nSPS) is 12.8. The summed E-state index contributed by atoms with van der Waals surface area (Å²) in [6.07, 6.45) is 1.75. The van der Waals surface area contributed by atoms with Crippen LogP contribution in [0.3, 0.4) is 0 Å². The van der Waals surface area contributed by atoms with Gasteiger partial charge in [-0.1, -0.05) is 13.0 Å². The molecule has 2 rings (SSSR count). The first-order chi connectivity index (χ1) is 8.58. The molecule has 0 radical (unpaired) electrons. The number of hydrogen-bond acceptors (Lipinski definition) is 3. The SMILES string of the molecule is CC(N)C(C)C(=O)Nc1ccc2ncccc2c1.Cl.Cl. The van der Waals surface area contributed by atoms with Crippen LogP contribution in [0.5, 0.6) is 0 Å². The number of hydrogen-bond donors (Lipinski definition) is 2. The second kappa shape index (κ2) is 8.04. The largest absolute Gasteiger partial charge is 0.327 e. The minimum Gasteiger partial charge on any atom is -0.327 e. The van der Waals surface area contributed by atoms with Gasteiger partial charge in [-0.05, 0) is 31.2 Å². The van der Waals surface area contributed by atoms with Gasteiger partial charge in [-0.3, -0.25) is 9.78 Å². The van der Waals surface area contributed by atoms with E-state index in [0.29, 0.717) is 0 Å². The fourth-order valence-corrected chi connectivity index (χ4v) is 1.65. The number of carbonyl (C=O) groups excluding carboxylic acids is 1. The lowest BCUT2D eigenvalue weighted by Gasteiger charge is -2.15. The van der Waals surface area contributed by atoms with Crippen LogP contribution in [0.2, 0.25) is 0 Å². The first kappa shape index (κ1) is 18.6. The average Bonchev–Trinajstić information content (AvgIpc) is 2.37. The van der Waals surface area contributed by atoms with Gasteiger partial charge in [0.15, 0.2) is 0 Å². The molecule has 0 aliphatic rings. The summed E-state index contributed by atoms with van der Waals surface area (Å²) >= 11 is 0. The fourth-order valence-electron chi connectivity index (χ4n) is 1.65. The summed E-state index contributed by atoms with van der Waals surface area (Å²) in [5.74, 6) is -0.275. The van der Waals surface area contributed by atoms with Crippen molar-refractivity contribution in [1.82, 2.24) is 4.98 Å². The van der Waals surface area contributed by atoms with Crippen molar-refractivity contribution in [1.29, 1.82) is 0 Å². The maximum atomic E-state index is 11.9. The van der Waals surface area contributed by atoms with Crippen LogP contribution < -0.4 is 11.1 Å². The molecular formula is C14H19Cl2N3O. The number of anilines is 1. The molecule has 0 aliphatic carbocycles. The lowest BCUT2D eigenvalue weighted by molar-refractivity contribution is -0.119. The molecule has 1 aromatic heterocycles. The zero-order valence-corrected chi connectivity index (χ0v) is 13.0. The van der Waals surface area contributed by atoms with Gasteiger partial charge in [0.2, 0.25) is 5.91 Å². The maximum Gasteiger partial charge on any atom is 0.228 e. The van der Waals surface area contributed by atoms with Gasteiger partial charge in [0.1, 0.15) is 0 Å². The zero-order chi connectivity index (χ0) is 13.1. The molecule has 2 aromatic rings. The Bertz CT molecular complexity index is 575. The third-order valence-corrected chi connectivity index (χ3v) is 3.07. The van der Waals surface area contributed by atoms with E-state index in [2.05, 4.69) is 10.3 Å². The molecule has 0 saturated carbocycles. The molecule has 2 atom stereocenters. The predicted octanol–water partition coefficient (Wildman–Crippen LogP) is 3.00. The van der Waals surface area contributed by atoms with Crippen LogP contribution in [0, 0.1) is 5.92 Å². The van der Waals surface area contributed by atoms with Crippen molar-refractivity contribution in [2.75, 3.05) is 5.32 Å². The average molecular weight is 316 g/mol. The number of nitrogens with one attached hydrogen (secondary N) is 1. The molecule has 0 bridgehead atoms. The monoisotopic (exact) mass is 315 g/mol.